The molecule has 0 amide bonds. The summed E-state index contributed by atoms with van der Waals surface area (Å²) in [6, 6.07) is 52.3. The van der Waals surface area contributed by atoms with Crippen molar-refractivity contribution in [2.45, 2.75) is 0 Å². The van der Waals surface area contributed by atoms with Crippen LogP contribution >= 0.6 is 11.3 Å². The molecule has 6 aromatic carbocycles. The van der Waals surface area contributed by atoms with Crippen LogP contribution in [0.1, 0.15) is 0 Å². The third kappa shape index (κ3) is 4.30. The molecule has 2 heterocycles. The Morgan fingerprint density at radius 1 is 0.415 bits per heavy atom. The fraction of sp³-hybridized carbons (Fsp3) is 0. The molecule has 0 bridgehead atoms. The highest BCUT2D eigenvalue weighted by atomic mass is 32.1. The summed E-state index contributed by atoms with van der Waals surface area (Å²) in [7, 11) is 0. The van der Waals surface area contributed by atoms with Crippen molar-refractivity contribution in [2.24, 2.45) is 0 Å². The largest absolute Gasteiger partial charge is 0.256 e. The molecule has 1 nitrogen and oxygen atoms in total. The van der Waals surface area contributed by atoms with Gasteiger partial charge in [0, 0.05) is 37.3 Å². The van der Waals surface area contributed by atoms with Crippen molar-refractivity contribution in [3.63, 3.8) is 0 Å². The molecule has 8 aromatic rings. The topological polar surface area (TPSA) is 12.9 Å². The second kappa shape index (κ2) is 9.85. The Kier molecular flexibility index (Phi) is 5.72. The van der Waals surface area contributed by atoms with Crippen LogP contribution in [0.4, 0.5) is 0 Å². The van der Waals surface area contributed by atoms with Gasteiger partial charge in [0.05, 0.1) is 5.52 Å². The van der Waals surface area contributed by atoms with Crippen LogP contribution in [0.25, 0.3) is 75.6 Å². The number of hydrogen-bond donors (Lipinski definition) is 0. The molecule has 0 unspecified atom stereocenters. The number of hydrogen-bond acceptors (Lipinski definition) is 2. The van der Waals surface area contributed by atoms with Gasteiger partial charge in [-0.2, -0.15) is 0 Å². The fourth-order valence-corrected chi connectivity index (χ4v) is 7.00. The Morgan fingerprint density at radius 3 is 1.83 bits per heavy atom. The first-order valence-corrected chi connectivity index (χ1v) is 14.7. The summed E-state index contributed by atoms with van der Waals surface area (Å²) in [5.41, 5.74) is 10.7. The van der Waals surface area contributed by atoms with Crippen LogP contribution in [0, 0.1) is 0 Å². The van der Waals surface area contributed by atoms with E-state index in [1.54, 1.807) is 0 Å². The molecule has 8 rings (SSSR count). The molecule has 41 heavy (non-hydrogen) atoms. The summed E-state index contributed by atoms with van der Waals surface area (Å²) < 4.78 is 2.68. The van der Waals surface area contributed by atoms with Crippen molar-refractivity contribution in [2.75, 3.05) is 0 Å². The molecule has 0 saturated heterocycles. The predicted octanol–water partition coefficient (Wildman–Crippen LogP) is 11.3. The maximum absolute atomic E-state index is 4.86. The van der Waals surface area contributed by atoms with Gasteiger partial charge in [-0.05, 0) is 57.1 Å². The van der Waals surface area contributed by atoms with E-state index < -0.39 is 0 Å². The van der Waals surface area contributed by atoms with Crippen LogP contribution < -0.4 is 0 Å². The van der Waals surface area contributed by atoms with E-state index in [0.717, 1.165) is 16.5 Å². The highest BCUT2D eigenvalue weighted by Gasteiger charge is 2.11. The van der Waals surface area contributed by atoms with Crippen molar-refractivity contribution < 1.29 is 0 Å². The van der Waals surface area contributed by atoms with Gasteiger partial charge in [0.25, 0.3) is 0 Å². The zero-order valence-corrected chi connectivity index (χ0v) is 23.1. The lowest BCUT2D eigenvalue weighted by atomic mass is 9.98. The monoisotopic (exact) mass is 539 g/mol. The molecule has 0 radical (unpaired) electrons. The van der Waals surface area contributed by atoms with Gasteiger partial charge < -0.3 is 0 Å². The minimum Gasteiger partial charge on any atom is -0.256 e. The lowest BCUT2D eigenvalue weighted by molar-refractivity contribution is 1.41. The molecule has 0 aliphatic carbocycles. The van der Waals surface area contributed by atoms with Gasteiger partial charge in [-0.3, -0.25) is 4.98 Å². The van der Waals surface area contributed by atoms with Gasteiger partial charge in [-0.15, -0.1) is 11.3 Å². The lowest BCUT2D eigenvalue weighted by Gasteiger charge is -2.09. The van der Waals surface area contributed by atoms with Gasteiger partial charge in [-0.1, -0.05) is 127 Å². The molecule has 0 atom stereocenters. The number of aromatic nitrogens is 1. The molecular weight excluding hydrogens is 515 g/mol. The molecule has 2 heteroatoms. The van der Waals surface area contributed by atoms with E-state index in [2.05, 4.69) is 146 Å². The van der Waals surface area contributed by atoms with E-state index in [0.29, 0.717) is 0 Å². The number of thiophene rings is 1. The first kappa shape index (κ1) is 23.8. The molecule has 0 aliphatic heterocycles. The summed E-state index contributed by atoms with van der Waals surface area (Å²) in [4.78, 5) is 4.86. The van der Waals surface area contributed by atoms with Crippen LogP contribution in [-0.4, -0.2) is 4.98 Å². The lowest BCUT2D eigenvalue weighted by Crippen LogP contribution is -1.86. The number of pyridine rings is 1. The van der Waals surface area contributed by atoms with Gasteiger partial charge >= 0.3 is 0 Å². The predicted molar refractivity (Wildman–Crippen MR) is 176 cm³/mol. The number of rotatable bonds is 4. The molecular formula is C39H25NS. The Labute approximate surface area is 243 Å². The van der Waals surface area contributed by atoms with E-state index in [1.807, 2.05) is 17.5 Å². The van der Waals surface area contributed by atoms with Crippen molar-refractivity contribution >= 4 is 42.4 Å². The Morgan fingerprint density at radius 2 is 1.02 bits per heavy atom. The molecule has 192 valence electrons. The highest BCUT2D eigenvalue weighted by Crippen LogP contribution is 2.40. The van der Waals surface area contributed by atoms with Crippen LogP contribution in [0.2, 0.25) is 0 Å². The van der Waals surface area contributed by atoms with E-state index in [1.165, 1.54) is 59.1 Å². The summed E-state index contributed by atoms with van der Waals surface area (Å²) in [6.45, 7) is 0. The molecule has 0 N–H and O–H groups in total. The second-order valence-electron chi connectivity index (χ2n) is 10.4. The zero-order chi connectivity index (χ0) is 27.2. The van der Waals surface area contributed by atoms with Crippen LogP contribution in [0.3, 0.4) is 0 Å². The SMILES string of the molecule is c1ccc(-c2ccc(-c3ccc4cc(-c5ccc(-c6cccc7c6sc6ccccc67)cc5)cnc4c3)cc2)cc1. The first-order valence-electron chi connectivity index (χ1n) is 13.9. The van der Waals surface area contributed by atoms with Gasteiger partial charge in [0.15, 0.2) is 0 Å². The molecule has 0 saturated carbocycles. The third-order valence-corrected chi connectivity index (χ3v) is 9.16. The standard InChI is InChI=1S/C39H25NS/c1-2-7-26(8-3-1)27-13-15-28(16-14-27)31-21-22-32-23-33(25-40-37(32)24-31)29-17-19-30(20-18-29)34-10-6-11-36-35-9-4-5-12-38(35)41-39(34)36/h1-25H. The summed E-state index contributed by atoms with van der Waals surface area (Å²) in [6.07, 6.45) is 1.99. The quantitative estimate of drug-likeness (QED) is 0.217. The second-order valence-corrected chi connectivity index (χ2v) is 11.5. The molecule has 0 aliphatic rings. The normalized spacial score (nSPS) is 11.4. The summed E-state index contributed by atoms with van der Waals surface area (Å²) >= 11 is 1.87. The molecule has 2 aromatic heterocycles. The Balaban J connectivity index is 1.08. The minimum atomic E-state index is 1.01. The summed E-state index contributed by atoms with van der Waals surface area (Å²) in [5.74, 6) is 0. The van der Waals surface area contributed by atoms with Crippen molar-refractivity contribution in [3.8, 4) is 44.5 Å². The maximum atomic E-state index is 4.86. The van der Waals surface area contributed by atoms with Crippen molar-refractivity contribution in [3.05, 3.63) is 152 Å². The van der Waals surface area contributed by atoms with Crippen molar-refractivity contribution in [1.82, 2.24) is 4.98 Å². The third-order valence-electron chi connectivity index (χ3n) is 7.94. The smallest absolute Gasteiger partial charge is 0.0708 e. The number of benzene rings is 6. The van der Waals surface area contributed by atoms with E-state index in [4.69, 9.17) is 4.98 Å². The molecule has 0 spiro atoms. The number of nitrogens with zero attached hydrogens (tertiary/aromatic N) is 1. The maximum Gasteiger partial charge on any atom is 0.0708 e. The summed E-state index contributed by atoms with van der Waals surface area (Å²) in [5, 5.41) is 3.81. The van der Waals surface area contributed by atoms with E-state index >= 15 is 0 Å². The zero-order valence-electron chi connectivity index (χ0n) is 22.3. The fourth-order valence-electron chi connectivity index (χ4n) is 5.76. The van der Waals surface area contributed by atoms with Crippen molar-refractivity contribution in [1.29, 1.82) is 0 Å². The Bertz CT molecular complexity index is 2170. The highest BCUT2D eigenvalue weighted by molar-refractivity contribution is 7.26. The average molecular weight is 540 g/mol. The van der Waals surface area contributed by atoms with Gasteiger partial charge in [0.2, 0.25) is 0 Å². The van der Waals surface area contributed by atoms with E-state index in [-0.39, 0.29) is 0 Å². The number of fused-ring (bicyclic) bond motifs is 4. The molecule has 0 fully saturated rings. The Hall–Kier alpha value is -5.05. The van der Waals surface area contributed by atoms with Crippen LogP contribution in [0.15, 0.2) is 152 Å². The average Bonchev–Trinajstić information content (AvgIpc) is 3.44. The van der Waals surface area contributed by atoms with Gasteiger partial charge in [0.1, 0.15) is 0 Å². The van der Waals surface area contributed by atoms with Gasteiger partial charge in [-0.25, -0.2) is 0 Å². The first-order chi connectivity index (χ1) is 20.3. The van der Waals surface area contributed by atoms with E-state index in [9.17, 15) is 0 Å². The van der Waals surface area contributed by atoms with Crippen LogP contribution in [-0.2, 0) is 0 Å². The minimum absolute atomic E-state index is 1.01. The van der Waals surface area contributed by atoms with Crippen LogP contribution in [0.5, 0.6) is 0 Å².